The van der Waals surface area contributed by atoms with Gasteiger partial charge < -0.3 is 11.1 Å². The van der Waals surface area contributed by atoms with Crippen molar-refractivity contribution in [1.82, 2.24) is 0 Å². The number of carbonyl (C=O) groups excluding carboxylic acids is 1. The van der Waals surface area contributed by atoms with E-state index in [4.69, 9.17) is 5.73 Å². The number of halogens is 4. The molecule has 0 aliphatic rings. The van der Waals surface area contributed by atoms with E-state index >= 15 is 0 Å². The van der Waals surface area contributed by atoms with Crippen LogP contribution >= 0.6 is 27.3 Å². The Labute approximate surface area is 131 Å². The number of nitrogen functional groups attached to an aromatic ring is 1. The molecular formula is C13H10BrF3N2OS. The predicted molar refractivity (Wildman–Crippen MR) is 80.6 cm³/mol. The molecule has 0 aliphatic carbocycles. The molecule has 0 fully saturated rings. The second-order valence-electron chi connectivity index (χ2n) is 4.26. The first-order valence-electron chi connectivity index (χ1n) is 5.72. The molecule has 3 N–H and O–H groups in total. The Hall–Kier alpha value is -1.54. The van der Waals surface area contributed by atoms with Crippen molar-refractivity contribution in [2.75, 3.05) is 11.1 Å². The molecule has 1 amide bonds. The molecule has 0 atom stereocenters. The molecule has 0 spiro atoms. The number of hydrogen-bond acceptors (Lipinski definition) is 3. The van der Waals surface area contributed by atoms with E-state index in [1.165, 1.54) is 18.2 Å². The van der Waals surface area contributed by atoms with Gasteiger partial charge in [0.15, 0.2) is 0 Å². The summed E-state index contributed by atoms with van der Waals surface area (Å²) >= 11 is 4.12. The second-order valence-corrected chi connectivity index (χ2v) is 6.44. The van der Waals surface area contributed by atoms with Crippen molar-refractivity contribution in [3.8, 4) is 0 Å². The highest BCUT2D eigenvalue weighted by molar-refractivity contribution is 9.10. The first kappa shape index (κ1) is 15.8. The number of benzene rings is 1. The van der Waals surface area contributed by atoms with Crippen molar-refractivity contribution < 1.29 is 18.0 Å². The number of thiophene rings is 1. The largest absolute Gasteiger partial charge is 0.418 e. The number of aryl methyl sites for hydroxylation is 1. The van der Waals surface area contributed by atoms with Crippen LogP contribution in [0.1, 0.15) is 20.1 Å². The summed E-state index contributed by atoms with van der Waals surface area (Å²) in [7, 11) is 0. The number of carbonyl (C=O) groups is 1. The van der Waals surface area contributed by atoms with Crippen molar-refractivity contribution in [2.45, 2.75) is 13.1 Å². The van der Waals surface area contributed by atoms with E-state index < -0.39 is 17.6 Å². The second kappa shape index (κ2) is 5.69. The van der Waals surface area contributed by atoms with Crippen molar-refractivity contribution in [1.29, 1.82) is 0 Å². The third-order valence-electron chi connectivity index (χ3n) is 2.72. The lowest BCUT2D eigenvalue weighted by Gasteiger charge is -2.13. The lowest BCUT2D eigenvalue weighted by molar-refractivity contribution is -0.136. The lowest BCUT2D eigenvalue weighted by atomic mass is 10.1. The molecule has 0 bridgehead atoms. The maximum absolute atomic E-state index is 13.0. The van der Waals surface area contributed by atoms with Gasteiger partial charge in [-0.3, -0.25) is 4.79 Å². The fraction of sp³-hybridized carbons (Fsp3) is 0.154. The van der Waals surface area contributed by atoms with Gasteiger partial charge in [-0.25, -0.2) is 0 Å². The number of rotatable bonds is 2. The van der Waals surface area contributed by atoms with E-state index in [9.17, 15) is 18.0 Å². The van der Waals surface area contributed by atoms with Crippen molar-refractivity contribution in [3.63, 3.8) is 0 Å². The summed E-state index contributed by atoms with van der Waals surface area (Å²) in [6, 6.07) is 5.00. The van der Waals surface area contributed by atoms with E-state index in [1.807, 2.05) is 0 Å². The summed E-state index contributed by atoms with van der Waals surface area (Å²) in [5.74, 6) is -0.618. The van der Waals surface area contributed by atoms with Crippen LogP contribution in [0, 0.1) is 6.92 Å². The van der Waals surface area contributed by atoms with E-state index in [0.717, 1.165) is 22.3 Å². The zero-order valence-corrected chi connectivity index (χ0v) is 13.1. The van der Waals surface area contributed by atoms with Crippen LogP contribution in [0.5, 0.6) is 0 Å². The van der Waals surface area contributed by atoms with Gasteiger partial charge in [0, 0.05) is 15.0 Å². The molecule has 2 aromatic rings. The third kappa shape index (κ3) is 3.56. The Morgan fingerprint density at radius 2 is 2.00 bits per heavy atom. The Morgan fingerprint density at radius 1 is 1.33 bits per heavy atom. The van der Waals surface area contributed by atoms with Crippen LogP contribution in [0.4, 0.5) is 24.5 Å². The van der Waals surface area contributed by atoms with Crippen LogP contribution in [0.3, 0.4) is 0 Å². The monoisotopic (exact) mass is 378 g/mol. The molecule has 2 rings (SSSR count). The van der Waals surface area contributed by atoms with E-state index in [0.29, 0.717) is 5.69 Å². The number of hydrogen-bond donors (Lipinski definition) is 2. The number of alkyl halides is 3. The molecule has 0 aliphatic heterocycles. The van der Waals surface area contributed by atoms with Gasteiger partial charge in [0.05, 0.1) is 16.1 Å². The smallest absolute Gasteiger partial charge is 0.398 e. The van der Waals surface area contributed by atoms with Crippen LogP contribution in [0.25, 0.3) is 0 Å². The highest BCUT2D eigenvalue weighted by atomic mass is 79.9. The van der Waals surface area contributed by atoms with Crippen molar-refractivity contribution in [2.24, 2.45) is 0 Å². The SMILES string of the molecule is Cc1sc(C(=O)Nc2ccc(Br)cc2C(F)(F)F)cc1N. The molecule has 0 saturated carbocycles. The highest BCUT2D eigenvalue weighted by Crippen LogP contribution is 2.37. The summed E-state index contributed by atoms with van der Waals surface area (Å²) in [5.41, 5.74) is 4.87. The Bertz CT molecular complexity index is 678. The third-order valence-corrected chi connectivity index (χ3v) is 4.27. The van der Waals surface area contributed by atoms with Gasteiger partial charge in [0.2, 0.25) is 0 Å². The van der Waals surface area contributed by atoms with Gasteiger partial charge in [-0.2, -0.15) is 13.2 Å². The normalized spacial score (nSPS) is 11.5. The van der Waals surface area contributed by atoms with Crippen molar-refractivity contribution >= 4 is 44.5 Å². The molecule has 0 radical (unpaired) electrons. The average Bonchev–Trinajstić information content (AvgIpc) is 2.71. The quantitative estimate of drug-likeness (QED) is 0.797. The van der Waals surface area contributed by atoms with Gasteiger partial charge in [-0.15, -0.1) is 11.3 Å². The fourth-order valence-corrected chi connectivity index (χ4v) is 2.85. The zero-order chi connectivity index (χ0) is 15.8. The highest BCUT2D eigenvalue weighted by Gasteiger charge is 2.34. The van der Waals surface area contributed by atoms with Crippen LogP contribution in [0.15, 0.2) is 28.7 Å². The molecule has 0 saturated heterocycles. The minimum Gasteiger partial charge on any atom is -0.398 e. The Kier molecular flexibility index (Phi) is 4.29. The van der Waals surface area contributed by atoms with Gasteiger partial charge in [-0.1, -0.05) is 15.9 Å². The van der Waals surface area contributed by atoms with Crippen LogP contribution in [-0.2, 0) is 6.18 Å². The molecule has 112 valence electrons. The molecule has 8 heteroatoms. The summed E-state index contributed by atoms with van der Waals surface area (Å²) in [5, 5.41) is 2.28. The van der Waals surface area contributed by atoms with Crippen molar-refractivity contribution in [3.05, 3.63) is 44.1 Å². The minimum atomic E-state index is -4.56. The number of anilines is 2. The van der Waals surface area contributed by atoms with Crippen LogP contribution in [0.2, 0.25) is 0 Å². The molecule has 1 aromatic heterocycles. The van der Waals surface area contributed by atoms with Gasteiger partial charge in [0.25, 0.3) is 5.91 Å². The first-order chi connectivity index (χ1) is 9.68. The van der Waals surface area contributed by atoms with E-state index in [1.54, 1.807) is 6.92 Å². The Balaban J connectivity index is 2.33. The van der Waals surface area contributed by atoms with Gasteiger partial charge in [0.1, 0.15) is 0 Å². The van der Waals surface area contributed by atoms with E-state index in [-0.39, 0.29) is 15.0 Å². The molecule has 1 heterocycles. The standard InChI is InChI=1S/C13H10BrF3N2OS/c1-6-9(18)5-11(21-6)12(20)19-10-3-2-7(14)4-8(10)13(15,16)17/h2-5H,18H2,1H3,(H,19,20). The Morgan fingerprint density at radius 3 is 2.52 bits per heavy atom. The summed E-state index contributed by atoms with van der Waals surface area (Å²) in [6.45, 7) is 1.73. The lowest BCUT2D eigenvalue weighted by Crippen LogP contribution is -2.15. The average molecular weight is 379 g/mol. The molecule has 21 heavy (non-hydrogen) atoms. The summed E-state index contributed by atoms with van der Waals surface area (Å²) < 4.78 is 39.2. The van der Waals surface area contributed by atoms with Crippen LogP contribution in [-0.4, -0.2) is 5.91 Å². The molecular weight excluding hydrogens is 369 g/mol. The number of nitrogens with two attached hydrogens (primary N) is 1. The van der Waals surface area contributed by atoms with Gasteiger partial charge >= 0.3 is 6.18 Å². The molecule has 3 nitrogen and oxygen atoms in total. The van der Waals surface area contributed by atoms with E-state index in [2.05, 4.69) is 21.2 Å². The number of nitrogens with one attached hydrogen (secondary N) is 1. The fourth-order valence-electron chi connectivity index (χ4n) is 1.65. The number of amides is 1. The minimum absolute atomic E-state index is 0.265. The topological polar surface area (TPSA) is 55.1 Å². The maximum Gasteiger partial charge on any atom is 0.418 e. The predicted octanol–water partition coefficient (Wildman–Crippen LogP) is 4.67. The molecule has 0 unspecified atom stereocenters. The summed E-state index contributed by atoms with van der Waals surface area (Å²) in [4.78, 5) is 13.0. The van der Waals surface area contributed by atoms with Gasteiger partial charge in [-0.05, 0) is 31.2 Å². The summed E-state index contributed by atoms with van der Waals surface area (Å²) in [6.07, 6.45) is -4.56. The van der Waals surface area contributed by atoms with Crippen LogP contribution < -0.4 is 11.1 Å². The maximum atomic E-state index is 13.0. The first-order valence-corrected chi connectivity index (χ1v) is 7.33. The molecule has 1 aromatic carbocycles. The zero-order valence-electron chi connectivity index (χ0n) is 10.7.